The second kappa shape index (κ2) is 5.72. The minimum atomic E-state index is 0.102. The van der Waals surface area contributed by atoms with Gasteiger partial charge in [0.2, 0.25) is 0 Å². The second-order valence-electron chi connectivity index (χ2n) is 4.66. The van der Waals surface area contributed by atoms with Gasteiger partial charge >= 0.3 is 0 Å². The van der Waals surface area contributed by atoms with Gasteiger partial charge in [-0.1, -0.05) is 27.2 Å². The van der Waals surface area contributed by atoms with E-state index < -0.39 is 0 Å². The first-order valence-corrected chi connectivity index (χ1v) is 6.62. The molecule has 0 spiro atoms. The van der Waals surface area contributed by atoms with Crippen LogP contribution in [0.2, 0.25) is 0 Å². The Morgan fingerprint density at radius 1 is 1.25 bits per heavy atom. The Morgan fingerprint density at radius 2 is 1.88 bits per heavy atom. The van der Waals surface area contributed by atoms with Crippen LogP contribution in [0.5, 0.6) is 0 Å². The van der Waals surface area contributed by atoms with Crippen molar-refractivity contribution >= 4 is 11.6 Å². The van der Waals surface area contributed by atoms with Crippen molar-refractivity contribution in [1.29, 1.82) is 0 Å². The largest absolute Gasteiger partial charge is 0.269 e. The van der Waals surface area contributed by atoms with E-state index in [-0.39, 0.29) is 5.38 Å². The molecule has 2 nitrogen and oxygen atoms in total. The lowest BCUT2D eigenvalue weighted by atomic mass is 10.1. The van der Waals surface area contributed by atoms with E-state index in [1.165, 1.54) is 17.7 Å². The number of aromatic nitrogens is 2. The van der Waals surface area contributed by atoms with E-state index in [0.29, 0.717) is 5.92 Å². The van der Waals surface area contributed by atoms with Gasteiger partial charge in [0.1, 0.15) is 0 Å². The third kappa shape index (κ3) is 2.79. The molecule has 92 valence electrons. The summed E-state index contributed by atoms with van der Waals surface area (Å²) in [7, 11) is 0. The molecule has 1 aromatic rings. The number of rotatable bonds is 5. The van der Waals surface area contributed by atoms with E-state index >= 15 is 0 Å². The molecule has 0 N–H and O–H groups in total. The molecular formula is C13H23ClN2. The Morgan fingerprint density at radius 3 is 2.38 bits per heavy atom. The number of alkyl halides is 1. The first-order chi connectivity index (χ1) is 7.51. The summed E-state index contributed by atoms with van der Waals surface area (Å²) in [6, 6.07) is 0. The van der Waals surface area contributed by atoms with Crippen LogP contribution in [0, 0.1) is 19.8 Å². The number of hydrogen-bond acceptors (Lipinski definition) is 1. The molecular weight excluding hydrogens is 220 g/mol. The van der Waals surface area contributed by atoms with Crippen LogP contribution < -0.4 is 0 Å². The van der Waals surface area contributed by atoms with Crippen molar-refractivity contribution in [3.05, 3.63) is 17.0 Å². The van der Waals surface area contributed by atoms with Crippen molar-refractivity contribution in [2.24, 2.45) is 5.92 Å². The molecule has 1 aromatic heterocycles. The maximum absolute atomic E-state index is 6.33. The maximum Gasteiger partial charge on any atom is 0.0643 e. The summed E-state index contributed by atoms with van der Waals surface area (Å²) in [5.41, 5.74) is 3.55. The van der Waals surface area contributed by atoms with E-state index in [9.17, 15) is 0 Å². The predicted octanol–water partition coefficient (Wildman–Crippen LogP) is 4.24. The van der Waals surface area contributed by atoms with Crippen LogP contribution >= 0.6 is 11.6 Å². The van der Waals surface area contributed by atoms with Crippen LogP contribution in [0.25, 0.3) is 0 Å². The molecule has 0 bridgehead atoms. The smallest absolute Gasteiger partial charge is 0.0643 e. The monoisotopic (exact) mass is 242 g/mol. The lowest BCUT2D eigenvalue weighted by Crippen LogP contribution is -2.10. The van der Waals surface area contributed by atoms with E-state index in [0.717, 1.165) is 18.7 Å². The molecule has 0 amide bonds. The van der Waals surface area contributed by atoms with Crippen LogP contribution in [-0.2, 0) is 6.54 Å². The standard InChI is InChI=1S/C13H23ClN2/c1-6-9(3)8-16-11(5)13(10(4)15-16)12(14)7-2/h9,12H,6-8H2,1-5H3. The number of aryl methyl sites for hydroxylation is 1. The van der Waals surface area contributed by atoms with Crippen LogP contribution in [0.3, 0.4) is 0 Å². The number of hydrogen-bond donors (Lipinski definition) is 0. The Bertz CT molecular complexity index is 344. The Hall–Kier alpha value is -0.500. The van der Waals surface area contributed by atoms with E-state index in [1.54, 1.807) is 0 Å². The van der Waals surface area contributed by atoms with Crippen LogP contribution in [0.15, 0.2) is 0 Å². The third-order valence-corrected chi connectivity index (χ3v) is 3.82. The third-order valence-electron chi connectivity index (χ3n) is 3.29. The highest BCUT2D eigenvalue weighted by Crippen LogP contribution is 2.29. The van der Waals surface area contributed by atoms with E-state index in [2.05, 4.69) is 44.4 Å². The van der Waals surface area contributed by atoms with Gasteiger partial charge < -0.3 is 0 Å². The lowest BCUT2D eigenvalue weighted by molar-refractivity contribution is 0.431. The molecule has 2 unspecified atom stereocenters. The molecule has 3 heteroatoms. The van der Waals surface area contributed by atoms with Gasteiger partial charge in [-0.3, -0.25) is 4.68 Å². The minimum Gasteiger partial charge on any atom is -0.269 e. The molecule has 16 heavy (non-hydrogen) atoms. The number of halogens is 1. The summed E-state index contributed by atoms with van der Waals surface area (Å²) in [4.78, 5) is 0. The fourth-order valence-corrected chi connectivity index (χ4v) is 2.29. The van der Waals surface area contributed by atoms with Gasteiger partial charge in [0.25, 0.3) is 0 Å². The summed E-state index contributed by atoms with van der Waals surface area (Å²) < 4.78 is 2.11. The summed E-state index contributed by atoms with van der Waals surface area (Å²) >= 11 is 6.33. The summed E-state index contributed by atoms with van der Waals surface area (Å²) in [5, 5.41) is 4.70. The van der Waals surface area contributed by atoms with Crippen molar-refractivity contribution < 1.29 is 0 Å². The average Bonchev–Trinajstić information content (AvgIpc) is 2.53. The van der Waals surface area contributed by atoms with E-state index in [1.807, 2.05) is 0 Å². The average molecular weight is 243 g/mol. The molecule has 1 rings (SSSR count). The zero-order chi connectivity index (χ0) is 12.3. The first-order valence-electron chi connectivity index (χ1n) is 6.19. The zero-order valence-electron chi connectivity index (χ0n) is 11.0. The highest BCUT2D eigenvalue weighted by atomic mass is 35.5. The SMILES string of the molecule is CCC(C)Cn1nc(C)c(C(Cl)CC)c1C. The zero-order valence-corrected chi connectivity index (χ0v) is 11.8. The van der Waals surface area contributed by atoms with Gasteiger partial charge in [0, 0.05) is 17.8 Å². The molecule has 0 aliphatic rings. The molecule has 0 saturated heterocycles. The molecule has 0 saturated carbocycles. The molecule has 0 aromatic carbocycles. The van der Waals surface area contributed by atoms with Gasteiger partial charge in [-0.05, 0) is 26.2 Å². The lowest BCUT2D eigenvalue weighted by Gasteiger charge is -2.11. The van der Waals surface area contributed by atoms with Crippen LogP contribution in [-0.4, -0.2) is 9.78 Å². The summed E-state index contributed by atoms with van der Waals surface area (Å²) in [5.74, 6) is 0.668. The summed E-state index contributed by atoms with van der Waals surface area (Å²) in [6.45, 7) is 11.8. The number of nitrogens with zero attached hydrogens (tertiary/aromatic N) is 2. The maximum atomic E-state index is 6.33. The fourth-order valence-electron chi connectivity index (χ4n) is 1.97. The van der Waals surface area contributed by atoms with Gasteiger partial charge in [-0.2, -0.15) is 5.10 Å². The van der Waals surface area contributed by atoms with Crippen LogP contribution in [0.4, 0.5) is 0 Å². The fraction of sp³-hybridized carbons (Fsp3) is 0.769. The Labute approximate surface area is 104 Å². The second-order valence-corrected chi connectivity index (χ2v) is 5.18. The van der Waals surface area contributed by atoms with Crippen molar-refractivity contribution in [2.75, 3.05) is 0 Å². The Balaban J connectivity index is 2.97. The van der Waals surface area contributed by atoms with Gasteiger partial charge in [0.15, 0.2) is 0 Å². The van der Waals surface area contributed by atoms with Gasteiger partial charge in [-0.15, -0.1) is 11.6 Å². The highest BCUT2D eigenvalue weighted by molar-refractivity contribution is 6.20. The molecule has 1 heterocycles. The van der Waals surface area contributed by atoms with Crippen LogP contribution in [0.1, 0.15) is 55.9 Å². The van der Waals surface area contributed by atoms with Crippen molar-refractivity contribution in [3.8, 4) is 0 Å². The molecule has 0 aliphatic heterocycles. The quantitative estimate of drug-likeness (QED) is 0.707. The normalized spacial score (nSPS) is 15.1. The van der Waals surface area contributed by atoms with Crippen molar-refractivity contribution in [2.45, 2.75) is 59.4 Å². The first kappa shape index (κ1) is 13.6. The Kier molecular flexibility index (Phi) is 4.85. The molecule has 0 radical (unpaired) electrons. The highest BCUT2D eigenvalue weighted by Gasteiger charge is 2.18. The molecule has 0 aliphatic carbocycles. The topological polar surface area (TPSA) is 17.8 Å². The minimum absolute atomic E-state index is 0.102. The molecule has 0 fully saturated rings. The van der Waals surface area contributed by atoms with Crippen molar-refractivity contribution in [3.63, 3.8) is 0 Å². The van der Waals surface area contributed by atoms with Crippen molar-refractivity contribution in [1.82, 2.24) is 9.78 Å². The summed E-state index contributed by atoms with van der Waals surface area (Å²) in [6.07, 6.45) is 2.14. The predicted molar refractivity (Wildman–Crippen MR) is 70.0 cm³/mol. The van der Waals surface area contributed by atoms with Gasteiger partial charge in [-0.25, -0.2) is 0 Å². The molecule has 2 atom stereocenters. The van der Waals surface area contributed by atoms with E-state index in [4.69, 9.17) is 11.6 Å². The van der Waals surface area contributed by atoms with Gasteiger partial charge in [0.05, 0.1) is 11.1 Å².